The molecule has 0 atom stereocenters. The normalized spacial score (nSPS) is 17.5. The molecule has 14 heavy (non-hydrogen) atoms. The summed E-state index contributed by atoms with van der Waals surface area (Å²) in [6.45, 7) is 2.05. The Balaban J connectivity index is 2.37. The molecule has 0 bridgehead atoms. The Morgan fingerprint density at radius 1 is 1.07 bits per heavy atom. The lowest BCUT2D eigenvalue weighted by atomic mass is 9.94. The Labute approximate surface area is 85.3 Å². The van der Waals surface area contributed by atoms with Crippen molar-refractivity contribution in [3.8, 4) is 0 Å². The molecule has 1 aromatic carbocycles. The number of aryl methyl sites for hydroxylation is 1. The summed E-state index contributed by atoms with van der Waals surface area (Å²) in [4.78, 5) is 0. The lowest BCUT2D eigenvalue weighted by Crippen LogP contribution is -2.02. The van der Waals surface area contributed by atoms with E-state index in [9.17, 15) is 0 Å². The van der Waals surface area contributed by atoms with Gasteiger partial charge in [0.1, 0.15) is 0 Å². The molecule has 0 aliphatic heterocycles. The van der Waals surface area contributed by atoms with Crippen LogP contribution in [0.3, 0.4) is 0 Å². The van der Waals surface area contributed by atoms with Crippen LogP contribution in [0.1, 0.15) is 42.7 Å². The molecule has 0 amide bonds. The second kappa shape index (κ2) is 3.52. The van der Waals surface area contributed by atoms with Gasteiger partial charge in [-0.3, -0.25) is 0 Å². The van der Waals surface area contributed by atoms with Gasteiger partial charge in [-0.1, -0.05) is 18.9 Å². The third-order valence-electron chi connectivity index (χ3n) is 3.27. The first-order valence-corrected chi connectivity index (χ1v) is 5.34. The van der Waals surface area contributed by atoms with Crippen LogP contribution in [0.25, 0.3) is 0 Å². The van der Waals surface area contributed by atoms with Gasteiger partial charge >= 0.3 is 0 Å². The minimum atomic E-state index is 0.675. The molecule has 76 valence electrons. The number of benzene rings is 1. The van der Waals surface area contributed by atoms with Crippen LogP contribution in [-0.4, -0.2) is 0 Å². The van der Waals surface area contributed by atoms with Gasteiger partial charge in [-0.25, -0.2) is 0 Å². The predicted molar refractivity (Wildman–Crippen MR) is 61.2 cm³/mol. The molecule has 2 nitrogen and oxygen atoms in total. The molecule has 0 aromatic heterocycles. The predicted octanol–water partition coefficient (Wildman–Crippen LogP) is 2.82. The van der Waals surface area contributed by atoms with Crippen molar-refractivity contribution in [1.29, 1.82) is 0 Å². The van der Waals surface area contributed by atoms with Gasteiger partial charge in [0.2, 0.25) is 0 Å². The molecule has 0 radical (unpaired) electrons. The van der Waals surface area contributed by atoms with Gasteiger partial charge in [-0.05, 0) is 42.9 Å². The summed E-state index contributed by atoms with van der Waals surface area (Å²) in [6, 6.07) is 4.07. The van der Waals surface area contributed by atoms with E-state index in [0.29, 0.717) is 5.92 Å². The van der Waals surface area contributed by atoms with Crippen molar-refractivity contribution in [3.63, 3.8) is 0 Å². The summed E-state index contributed by atoms with van der Waals surface area (Å²) >= 11 is 0. The zero-order valence-corrected chi connectivity index (χ0v) is 8.72. The molecule has 1 aliphatic carbocycles. The Morgan fingerprint density at radius 2 is 1.71 bits per heavy atom. The molecule has 1 aliphatic rings. The highest BCUT2D eigenvalue weighted by Crippen LogP contribution is 2.38. The first kappa shape index (κ1) is 9.38. The molecule has 0 saturated heterocycles. The number of nitrogens with two attached hydrogens (primary N) is 2. The van der Waals surface area contributed by atoms with Gasteiger partial charge in [0.25, 0.3) is 0 Å². The van der Waals surface area contributed by atoms with E-state index in [1.165, 1.54) is 31.2 Å². The quantitative estimate of drug-likeness (QED) is 0.669. The van der Waals surface area contributed by atoms with Crippen LogP contribution in [0.15, 0.2) is 12.1 Å². The Hall–Kier alpha value is -1.18. The number of rotatable bonds is 1. The minimum Gasteiger partial charge on any atom is -0.398 e. The highest BCUT2D eigenvalue weighted by atomic mass is 14.6. The van der Waals surface area contributed by atoms with Gasteiger partial charge in [0, 0.05) is 11.4 Å². The van der Waals surface area contributed by atoms with E-state index in [4.69, 9.17) is 11.5 Å². The Kier molecular flexibility index (Phi) is 2.36. The van der Waals surface area contributed by atoms with Crippen molar-refractivity contribution in [1.82, 2.24) is 0 Å². The maximum Gasteiger partial charge on any atom is 0.0370 e. The lowest BCUT2D eigenvalue weighted by Gasteiger charge is -2.14. The van der Waals surface area contributed by atoms with E-state index < -0.39 is 0 Å². The molecule has 0 spiro atoms. The van der Waals surface area contributed by atoms with Crippen molar-refractivity contribution in [2.75, 3.05) is 11.5 Å². The van der Waals surface area contributed by atoms with E-state index >= 15 is 0 Å². The van der Waals surface area contributed by atoms with E-state index in [-0.39, 0.29) is 0 Å². The maximum absolute atomic E-state index is 5.99. The minimum absolute atomic E-state index is 0.675. The molecular formula is C12H18N2. The van der Waals surface area contributed by atoms with Crippen molar-refractivity contribution in [2.24, 2.45) is 0 Å². The highest BCUT2D eigenvalue weighted by Gasteiger charge is 2.19. The SMILES string of the molecule is Cc1cc(C2CCCC2)c(N)cc1N. The monoisotopic (exact) mass is 190 g/mol. The Morgan fingerprint density at radius 3 is 2.36 bits per heavy atom. The summed E-state index contributed by atoms with van der Waals surface area (Å²) in [5, 5.41) is 0. The van der Waals surface area contributed by atoms with Gasteiger partial charge in [-0.2, -0.15) is 0 Å². The average molecular weight is 190 g/mol. The smallest absolute Gasteiger partial charge is 0.0370 e. The molecular weight excluding hydrogens is 172 g/mol. The summed E-state index contributed by atoms with van der Waals surface area (Å²) in [5.74, 6) is 0.675. The topological polar surface area (TPSA) is 52.0 Å². The average Bonchev–Trinajstić information content (AvgIpc) is 2.64. The summed E-state index contributed by atoms with van der Waals surface area (Å²) in [6.07, 6.45) is 5.25. The fourth-order valence-corrected chi connectivity index (χ4v) is 2.35. The summed E-state index contributed by atoms with van der Waals surface area (Å²) in [7, 11) is 0. The van der Waals surface area contributed by atoms with E-state index in [1.807, 2.05) is 13.0 Å². The third kappa shape index (κ3) is 1.57. The second-order valence-electron chi connectivity index (χ2n) is 4.32. The van der Waals surface area contributed by atoms with Gasteiger partial charge in [0.05, 0.1) is 0 Å². The molecule has 4 N–H and O–H groups in total. The number of hydrogen-bond donors (Lipinski definition) is 2. The van der Waals surface area contributed by atoms with Crippen LogP contribution in [0, 0.1) is 6.92 Å². The van der Waals surface area contributed by atoms with E-state index in [1.54, 1.807) is 0 Å². The highest BCUT2D eigenvalue weighted by molar-refractivity contribution is 5.61. The number of nitrogen functional groups attached to an aromatic ring is 2. The molecule has 0 unspecified atom stereocenters. The van der Waals surface area contributed by atoms with Crippen molar-refractivity contribution in [3.05, 3.63) is 23.3 Å². The zero-order valence-electron chi connectivity index (χ0n) is 8.72. The summed E-state index contributed by atoms with van der Waals surface area (Å²) in [5.41, 5.74) is 16.0. The number of hydrogen-bond acceptors (Lipinski definition) is 2. The summed E-state index contributed by atoms with van der Waals surface area (Å²) < 4.78 is 0. The van der Waals surface area contributed by atoms with Crippen LogP contribution >= 0.6 is 0 Å². The van der Waals surface area contributed by atoms with Crippen LogP contribution in [0.5, 0.6) is 0 Å². The first-order valence-electron chi connectivity index (χ1n) is 5.34. The molecule has 2 heteroatoms. The largest absolute Gasteiger partial charge is 0.398 e. The fourth-order valence-electron chi connectivity index (χ4n) is 2.35. The van der Waals surface area contributed by atoms with Crippen molar-refractivity contribution in [2.45, 2.75) is 38.5 Å². The number of anilines is 2. The fraction of sp³-hybridized carbons (Fsp3) is 0.500. The van der Waals surface area contributed by atoms with Crippen molar-refractivity contribution >= 4 is 11.4 Å². The van der Waals surface area contributed by atoms with Gasteiger partial charge in [-0.15, -0.1) is 0 Å². The van der Waals surface area contributed by atoms with Crippen LogP contribution < -0.4 is 11.5 Å². The second-order valence-corrected chi connectivity index (χ2v) is 4.32. The van der Waals surface area contributed by atoms with Crippen LogP contribution in [0.4, 0.5) is 11.4 Å². The van der Waals surface area contributed by atoms with Crippen LogP contribution in [0.2, 0.25) is 0 Å². The zero-order chi connectivity index (χ0) is 10.1. The standard InChI is InChI=1S/C12H18N2/c1-8-6-10(9-4-2-3-5-9)12(14)7-11(8)13/h6-7,9H,2-5,13-14H2,1H3. The van der Waals surface area contributed by atoms with Crippen LogP contribution in [-0.2, 0) is 0 Å². The van der Waals surface area contributed by atoms with Gasteiger partial charge in [0.15, 0.2) is 0 Å². The van der Waals surface area contributed by atoms with Crippen molar-refractivity contribution < 1.29 is 0 Å². The third-order valence-corrected chi connectivity index (χ3v) is 3.27. The van der Waals surface area contributed by atoms with E-state index in [0.717, 1.165) is 16.9 Å². The maximum atomic E-state index is 5.99. The molecule has 1 aromatic rings. The lowest BCUT2D eigenvalue weighted by molar-refractivity contribution is 0.725. The first-order chi connectivity index (χ1) is 6.68. The Bertz CT molecular complexity index is 338. The molecule has 1 fully saturated rings. The van der Waals surface area contributed by atoms with Gasteiger partial charge < -0.3 is 11.5 Å². The molecule has 2 rings (SSSR count). The molecule has 1 saturated carbocycles. The molecule has 0 heterocycles. The van der Waals surface area contributed by atoms with E-state index in [2.05, 4.69) is 6.07 Å².